The first-order chi connectivity index (χ1) is 11.0. The van der Waals surface area contributed by atoms with E-state index in [2.05, 4.69) is 5.32 Å². The van der Waals surface area contributed by atoms with Crippen molar-refractivity contribution < 1.29 is 9.21 Å². The van der Waals surface area contributed by atoms with Gasteiger partial charge in [-0.3, -0.25) is 9.59 Å². The summed E-state index contributed by atoms with van der Waals surface area (Å²) in [5.74, 6) is -0.645. The predicted molar refractivity (Wildman–Crippen MR) is 91.6 cm³/mol. The Morgan fingerprint density at radius 1 is 1.09 bits per heavy atom. The smallest absolute Gasteiger partial charge is 0.291 e. The summed E-state index contributed by atoms with van der Waals surface area (Å²) >= 11 is 12.0. The third-order valence-corrected chi connectivity index (χ3v) is 4.09. The van der Waals surface area contributed by atoms with Gasteiger partial charge in [0, 0.05) is 11.1 Å². The fraction of sp³-hybridized carbons (Fsp3) is 0.0588. The van der Waals surface area contributed by atoms with E-state index in [1.165, 1.54) is 6.07 Å². The number of hydrogen-bond donors (Lipinski definition) is 1. The average Bonchev–Trinajstić information content (AvgIpc) is 2.51. The fourth-order valence-electron chi connectivity index (χ4n) is 2.14. The van der Waals surface area contributed by atoms with E-state index >= 15 is 0 Å². The van der Waals surface area contributed by atoms with Crippen molar-refractivity contribution in [1.29, 1.82) is 0 Å². The lowest BCUT2D eigenvalue weighted by molar-refractivity contribution is 0.0997. The topological polar surface area (TPSA) is 59.3 Å². The van der Waals surface area contributed by atoms with Crippen LogP contribution in [-0.4, -0.2) is 5.91 Å². The van der Waals surface area contributed by atoms with Crippen LogP contribution in [-0.2, 0) is 0 Å². The highest BCUT2D eigenvalue weighted by Gasteiger charge is 2.14. The zero-order valence-electron chi connectivity index (χ0n) is 12.0. The summed E-state index contributed by atoms with van der Waals surface area (Å²) in [4.78, 5) is 24.4. The van der Waals surface area contributed by atoms with E-state index in [0.29, 0.717) is 26.7 Å². The standard InChI is InChI=1S/C17H11Cl2NO3/c1-9-6-15-10(7-12(9)19)14(21)8-16(23-15)17(22)20-13-5-3-2-4-11(13)18/h2-8H,1H3,(H,20,22). The molecule has 0 bridgehead atoms. The molecular formula is C17H11Cl2NO3. The van der Waals surface area contributed by atoms with Crippen LogP contribution in [0.5, 0.6) is 0 Å². The van der Waals surface area contributed by atoms with Gasteiger partial charge in [0.15, 0.2) is 11.2 Å². The molecule has 0 unspecified atom stereocenters. The summed E-state index contributed by atoms with van der Waals surface area (Å²) in [5, 5.41) is 3.81. The Kier molecular flexibility index (Phi) is 4.11. The van der Waals surface area contributed by atoms with Gasteiger partial charge in [-0.1, -0.05) is 35.3 Å². The maximum Gasteiger partial charge on any atom is 0.291 e. The lowest BCUT2D eigenvalue weighted by atomic mass is 10.1. The van der Waals surface area contributed by atoms with Gasteiger partial charge in [0.25, 0.3) is 5.91 Å². The summed E-state index contributed by atoms with van der Waals surface area (Å²) in [7, 11) is 0. The van der Waals surface area contributed by atoms with Crippen molar-refractivity contribution in [3.8, 4) is 0 Å². The fourth-order valence-corrected chi connectivity index (χ4v) is 2.48. The van der Waals surface area contributed by atoms with E-state index < -0.39 is 5.91 Å². The van der Waals surface area contributed by atoms with Gasteiger partial charge < -0.3 is 9.73 Å². The minimum atomic E-state index is -0.551. The number of carbonyl (C=O) groups excluding carboxylic acids is 1. The minimum absolute atomic E-state index is 0.0934. The number of halogens is 2. The second-order valence-corrected chi connectivity index (χ2v) is 5.82. The summed E-state index contributed by atoms with van der Waals surface area (Å²) < 4.78 is 5.54. The molecule has 0 fully saturated rings. The summed E-state index contributed by atoms with van der Waals surface area (Å²) in [6.45, 7) is 1.79. The van der Waals surface area contributed by atoms with E-state index in [0.717, 1.165) is 11.6 Å². The van der Waals surface area contributed by atoms with Crippen LogP contribution in [0.2, 0.25) is 10.0 Å². The molecular weight excluding hydrogens is 337 g/mol. The van der Waals surface area contributed by atoms with E-state index in [4.69, 9.17) is 27.6 Å². The number of anilines is 1. The molecule has 0 spiro atoms. The van der Waals surface area contributed by atoms with Crippen molar-refractivity contribution in [2.75, 3.05) is 5.32 Å². The number of para-hydroxylation sites is 1. The molecule has 0 aliphatic heterocycles. The molecule has 3 rings (SSSR count). The third-order valence-electron chi connectivity index (χ3n) is 3.35. The molecule has 0 aliphatic carbocycles. The molecule has 0 atom stereocenters. The average molecular weight is 348 g/mol. The van der Waals surface area contributed by atoms with Gasteiger partial charge in [-0.25, -0.2) is 0 Å². The molecule has 3 aromatic rings. The Morgan fingerprint density at radius 3 is 2.57 bits per heavy atom. The van der Waals surface area contributed by atoms with Gasteiger partial charge in [-0.2, -0.15) is 0 Å². The second kappa shape index (κ2) is 6.07. The molecule has 116 valence electrons. The van der Waals surface area contributed by atoms with Crippen molar-refractivity contribution >= 4 is 45.8 Å². The van der Waals surface area contributed by atoms with Gasteiger partial charge in [-0.05, 0) is 36.8 Å². The summed E-state index contributed by atoms with van der Waals surface area (Å²) in [5.41, 5.74) is 1.17. The molecule has 4 nitrogen and oxygen atoms in total. The van der Waals surface area contributed by atoms with Crippen LogP contribution in [0.3, 0.4) is 0 Å². The minimum Gasteiger partial charge on any atom is -0.451 e. The quantitative estimate of drug-likeness (QED) is 0.733. The highest BCUT2D eigenvalue weighted by atomic mass is 35.5. The molecule has 2 aromatic carbocycles. The first kappa shape index (κ1) is 15.6. The normalized spacial score (nSPS) is 10.7. The first-order valence-electron chi connectivity index (χ1n) is 6.75. The molecule has 1 heterocycles. The first-order valence-corrected chi connectivity index (χ1v) is 7.51. The van der Waals surface area contributed by atoms with Crippen LogP contribution in [0.1, 0.15) is 16.1 Å². The monoisotopic (exact) mass is 347 g/mol. The Hall–Kier alpha value is -2.30. The Morgan fingerprint density at radius 2 is 1.83 bits per heavy atom. The van der Waals surface area contributed by atoms with Crippen molar-refractivity contribution in [1.82, 2.24) is 0 Å². The summed E-state index contributed by atoms with van der Waals surface area (Å²) in [6.07, 6.45) is 0. The number of hydrogen-bond acceptors (Lipinski definition) is 3. The number of carbonyl (C=O) groups is 1. The predicted octanol–water partition coefficient (Wildman–Crippen LogP) is 4.66. The molecule has 0 radical (unpaired) electrons. The number of rotatable bonds is 2. The van der Waals surface area contributed by atoms with Crippen LogP contribution >= 0.6 is 23.2 Å². The molecule has 6 heteroatoms. The number of nitrogens with one attached hydrogen (secondary N) is 1. The molecule has 1 amide bonds. The third kappa shape index (κ3) is 3.09. The Labute approximate surface area is 141 Å². The zero-order valence-corrected chi connectivity index (χ0v) is 13.5. The highest BCUT2D eigenvalue weighted by molar-refractivity contribution is 6.34. The summed E-state index contributed by atoms with van der Waals surface area (Å²) in [6, 6.07) is 11.1. The van der Waals surface area contributed by atoms with Gasteiger partial charge in [0.2, 0.25) is 0 Å². The molecule has 0 aliphatic rings. The van der Waals surface area contributed by atoms with E-state index in [1.54, 1.807) is 37.3 Å². The zero-order chi connectivity index (χ0) is 16.6. The van der Waals surface area contributed by atoms with Gasteiger partial charge in [0.1, 0.15) is 5.58 Å². The molecule has 23 heavy (non-hydrogen) atoms. The lowest BCUT2D eigenvalue weighted by Crippen LogP contribution is -2.15. The van der Waals surface area contributed by atoms with Gasteiger partial charge in [0.05, 0.1) is 16.1 Å². The van der Waals surface area contributed by atoms with E-state index in [-0.39, 0.29) is 11.2 Å². The largest absolute Gasteiger partial charge is 0.451 e. The number of fused-ring (bicyclic) bond motifs is 1. The van der Waals surface area contributed by atoms with Crippen LogP contribution < -0.4 is 10.7 Å². The van der Waals surface area contributed by atoms with Crippen LogP contribution in [0, 0.1) is 6.92 Å². The number of amides is 1. The van der Waals surface area contributed by atoms with Crippen LogP contribution in [0.25, 0.3) is 11.0 Å². The Bertz CT molecular complexity index is 979. The maximum absolute atomic E-state index is 12.3. The van der Waals surface area contributed by atoms with Crippen molar-refractivity contribution in [3.63, 3.8) is 0 Å². The second-order valence-electron chi connectivity index (χ2n) is 5.01. The highest BCUT2D eigenvalue weighted by Crippen LogP contribution is 2.24. The van der Waals surface area contributed by atoms with E-state index in [9.17, 15) is 9.59 Å². The van der Waals surface area contributed by atoms with Crippen molar-refractivity contribution in [2.45, 2.75) is 6.92 Å². The molecule has 1 N–H and O–H groups in total. The Balaban J connectivity index is 2.03. The maximum atomic E-state index is 12.3. The van der Waals surface area contributed by atoms with Gasteiger partial charge >= 0.3 is 0 Å². The van der Waals surface area contributed by atoms with Crippen LogP contribution in [0.15, 0.2) is 51.7 Å². The lowest BCUT2D eigenvalue weighted by Gasteiger charge is -2.07. The SMILES string of the molecule is Cc1cc2oc(C(=O)Nc3ccccc3Cl)cc(=O)c2cc1Cl. The number of benzene rings is 2. The molecule has 0 saturated heterocycles. The molecule has 1 aromatic heterocycles. The van der Waals surface area contributed by atoms with Crippen molar-refractivity contribution in [3.05, 3.63) is 74.1 Å². The molecule has 0 saturated carbocycles. The van der Waals surface area contributed by atoms with Crippen molar-refractivity contribution in [2.24, 2.45) is 0 Å². The van der Waals surface area contributed by atoms with E-state index in [1.807, 2.05) is 0 Å². The number of aryl methyl sites for hydroxylation is 1. The van der Waals surface area contributed by atoms with Crippen LogP contribution in [0.4, 0.5) is 5.69 Å². The van der Waals surface area contributed by atoms with Gasteiger partial charge in [-0.15, -0.1) is 0 Å².